The molecule has 1 unspecified atom stereocenters. The first-order valence-electron chi connectivity index (χ1n) is 7.67. The monoisotopic (exact) mass is 299 g/mol. The molecule has 2 aromatic rings. The van der Waals surface area contributed by atoms with Gasteiger partial charge in [-0.1, -0.05) is 56.3 Å². The van der Waals surface area contributed by atoms with Crippen molar-refractivity contribution in [3.8, 4) is 11.4 Å². The minimum Gasteiger partial charge on any atom is -0.337 e. The van der Waals surface area contributed by atoms with Crippen LogP contribution in [0.1, 0.15) is 45.5 Å². The lowest BCUT2D eigenvalue weighted by Gasteiger charge is -2.29. The van der Waals surface area contributed by atoms with Gasteiger partial charge in [0.1, 0.15) is 6.04 Å². The summed E-state index contributed by atoms with van der Waals surface area (Å²) in [5.74, 6) is 1.24. The van der Waals surface area contributed by atoms with E-state index in [0.29, 0.717) is 11.7 Å². The van der Waals surface area contributed by atoms with E-state index in [-0.39, 0.29) is 11.9 Å². The van der Waals surface area contributed by atoms with Crippen LogP contribution >= 0.6 is 0 Å². The lowest BCUT2D eigenvalue weighted by molar-refractivity contribution is -0.140. The standard InChI is InChI=1S/C17H21N3O2/c1-17(2,3)16(21)20-11-7-10-13(20)15-18-14(19-22-15)12-8-5-4-6-9-12/h4-6,8-9,13H,7,10-11H2,1-3H3. The summed E-state index contributed by atoms with van der Waals surface area (Å²) in [6, 6.07) is 9.62. The van der Waals surface area contributed by atoms with Crippen LogP contribution in [0.5, 0.6) is 0 Å². The molecule has 1 amide bonds. The number of carbonyl (C=O) groups excluding carboxylic acids is 1. The minimum absolute atomic E-state index is 0.100. The van der Waals surface area contributed by atoms with Gasteiger partial charge in [0.2, 0.25) is 17.6 Å². The summed E-state index contributed by atoms with van der Waals surface area (Å²) in [5.41, 5.74) is 0.523. The Bertz CT molecular complexity index is 658. The average Bonchev–Trinajstić information content (AvgIpc) is 3.15. The molecule has 1 saturated heterocycles. The van der Waals surface area contributed by atoms with Crippen LogP contribution < -0.4 is 0 Å². The Hall–Kier alpha value is -2.17. The highest BCUT2D eigenvalue weighted by molar-refractivity contribution is 5.82. The summed E-state index contributed by atoms with van der Waals surface area (Å²) >= 11 is 0. The molecule has 1 aromatic carbocycles. The van der Waals surface area contributed by atoms with E-state index < -0.39 is 5.41 Å². The van der Waals surface area contributed by atoms with Gasteiger partial charge in [-0.3, -0.25) is 4.79 Å². The molecule has 22 heavy (non-hydrogen) atoms. The second kappa shape index (κ2) is 5.55. The third kappa shape index (κ3) is 2.75. The van der Waals surface area contributed by atoms with Gasteiger partial charge in [0.05, 0.1) is 0 Å². The Morgan fingerprint density at radius 2 is 2.00 bits per heavy atom. The predicted molar refractivity (Wildman–Crippen MR) is 82.9 cm³/mol. The first-order valence-corrected chi connectivity index (χ1v) is 7.67. The smallest absolute Gasteiger partial charge is 0.249 e. The molecule has 1 aliphatic rings. The van der Waals surface area contributed by atoms with Crippen LogP contribution in [0.4, 0.5) is 0 Å². The highest BCUT2D eigenvalue weighted by Gasteiger charge is 2.38. The summed E-state index contributed by atoms with van der Waals surface area (Å²) < 4.78 is 5.44. The van der Waals surface area contributed by atoms with Crippen molar-refractivity contribution in [3.05, 3.63) is 36.2 Å². The van der Waals surface area contributed by atoms with Crippen LogP contribution in [0.3, 0.4) is 0 Å². The van der Waals surface area contributed by atoms with E-state index >= 15 is 0 Å². The van der Waals surface area contributed by atoms with Gasteiger partial charge in [-0.15, -0.1) is 0 Å². The van der Waals surface area contributed by atoms with E-state index in [0.717, 1.165) is 24.9 Å². The maximum atomic E-state index is 12.6. The topological polar surface area (TPSA) is 59.2 Å². The molecular weight excluding hydrogens is 278 g/mol. The van der Waals surface area contributed by atoms with Gasteiger partial charge < -0.3 is 9.42 Å². The molecule has 1 fully saturated rings. The van der Waals surface area contributed by atoms with E-state index in [1.165, 1.54) is 0 Å². The van der Waals surface area contributed by atoms with E-state index in [1.54, 1.807) is 0 Å². The number of carbonyl (C=O) groups is 1. The lowest BCUT2D eigenvalue weighted by Crippen LogP contribution is -2.39. The Kier molecular flexibility index (Phi) is 3.72. The second-order valence-corrected chi connectivity index (χ2v) is 6.73. The van der Waals surface area contributed by atoms with Crippen LogP contribution in [0.15, 0.2) is 34.9 Å². The zero-order valence-corrected chi connectivity index (χ0v) is 13.2. The largest absolute Gasteiger partial charge is 0.337 e. The molecular formula is C17H21N3O2. The molecule has 1 aromatic heterocycles. The van der Waals surface area contributed by atoms with Crippen molar-refractivity contribution in [1.29, 1.82) is 0 Å². The van der Waals surface area contributed by atoms with Crippen LogP contribution in [0, 0.1) is 5.41 Å². The van der Waals surface area contributed by atoms with Gasteiger partial charge in [-0.05, 0) is 12.8 Å². The van der Waals surface area contributed by atoms with Gasteiger partial charge in [-0.25, -0.2) is 0 Å². The fourth-order valence-electron chi connectivity index (χ4n) is 2.77. The molecule has 3 rings (SSSR count). The summed E-state index contributed by atoms with van der Waals surface area (Å²) in [6.07, 6.45) is 1.84. The summed E-state index contributed by atoms with van der Waals surface area (Å²) in [4.78, 5) is 18.9. The Balaban J connectivity index is 1.85. The molecule has 0 radical (unpaired) electrons. The Morgan fingerprint density at radius 3 is 2.68 bits per heavy atom. The summed E-state index contributed by atoms with van der Waals surface area (Å²) in [7, 11) is 0. The van der Waals surface area contributed by atoms with E-state index in [2.05, 4.69) is 10.1 Å². The first-order chi connectivity index (χ1) is 10.5. The van der Waals surface area contributed by atoms with Crippen LogP contribution in [-0.4, -0.2) is 27.5 Å². The Labute approximate surface area is 130 Å². The molecule has 0 bridgehead atoms. The van der Waals surface area contributed by atoms with E-state index in [4.69, 9.17) is 4.52 Å². The number of hydrogen-bond acceptors (Lipinski definition) is 4. The molecule has 0 N–H and O–H groups in total. The van der Waals surface area contributed by atoms with Crippen molar-refractivity contribution in [2.75, 3.05) is 6.54 Å². The zero-order valence-electron chi connectivity index (χ0n) is 13.2. The van der Waals surface area contributed by atoms with Crippen molar-refractivity contribution in [1.82, 2.24) is 15.0 Å². The van der Waals surface area contributed by atoms with Crippen LogP contribution in [-0.2, 0) is 4.79 Å². The Morgan fingerprint density at radius 1 is 1.27 bits per heavy atom. The molecule has 116 valence electrons. The molecule has 0 spiro atoms. The van der Waals surface area contributed by atoms with Crippen molar-refractivity contribution < 1.29 is 9.32 Å². The first kappa shape index (κ1) is 14.8. The number of benzene rings is 1. The normalized spacial score (nSPS) is 18.7. The average molecular weight is 299 g/mol. The van der Waals surface area contributed by atoms with Gasteiger partial charge in [-0.2, -0.15) is 4.98 Å². The highest BCUT2D eigenvalue weighted by Crippen LogP contribution is 2.35. The van der Waals surface area contributed by atoms with Crippen molar-refractivity contribution in [2.45, 2.75) is 39.7 Å². The van der Waals surface area contributed by atoms with Crippen molar-refractivity contribution in [2.24, 2.45) is 5.41 Å². The molecule has 1 atom stereocenters. The molecule has 0 aliphatic carbocycles. The number of nitrogens with zero attached hydrogens (tertiary/aromatic N) is 3. The number of hydrogen-bond donors (Lipinski definition) is 0. The SMILES string of the molecule is CC(C)(C)C(=O)N1CCCC1c1nc(-c2ccccc2)no1. The van der Waals surface area contributed by atoms with Crippen molar-refractivity contribution >= 4 is 5.91 Å². The predicted octanol–water partition coefficient (Wildman–Crippen LogP) is 3.45. The fraction of sp³-hybridized carbons (Fsp3) is 0.471. The third-order valence-electron chi connectivity index (χ3n) is 3.91. The maximum Gasteiger partial charge on any atom is 0.249 e. The molecule has 1 aliphatic heterocycles. The van der Waals surface area contributed by atoms with Crippen LogP contribution in [0.25, 0.3) is 11.4 Å². The van der Waals surface area contributed by atoms with E-state index in [1.807, 2.05) is 56.0 Å². The summed E-state index contributed by atoms with van der Waals surface area (Å²) in [6.45, 7) is 6.57. The van der Waals surface area contributed by atoms with Crippen molar-refractivity contribution in [3.63, 3.8) is 0 Å². The van der Waals surface area contributed by atoms with Gasteiger partial charge in [0.15, 0.2) is 0 Å². The van der Waals surface area contributed by atoms with Gasteiger partial charge in [0.25, 0.3) is 0 Å². The molecule has 5 nitrogen and oxygen atoms in total. The summed E-state index contributed by atoms with van der Waals surface area (Å²) in [5, 5.41) is 4.06. The minimum atomic E-state index is -0.398. The molecule has 2 heterocycles. The van der Waals surface area contributed by atoms with Gasteiger partial charge >= 0.3 is 0 Å². The van der Waals surface area contributed by atoms with Gasteiger partial charge in [0, 0.05) is 17.5 Å². The fourth-order valence-corrected chi connectivity index (χ4v) is 2.77. The third-order valence-corrected chi connectivity index (χ3v) is 3.91. The van der Waals surface area contributed by atoms with E-state index in [9.17, 15) is 4.79 Å². The lowest BCUT2D eigenvalue weighted by atomic mass is 9.94. The maximum absolute atomic E-state index is 12.6. The number of aromatic nitrogens is 2. The molecule has 0 saturated carbocycles. The quantitative estimate of drug-likeness (QED) is 0.852. The number of rotatable bonds is 2. The van der Waals surface area contributed by atoms with Crippen LogP contribution in [0.2, 0.25) is 0 Å². The molecule has 5 heteroatoms. The second-order valence-electron chi connectivity index (χ2n) is 6.73. The number of amides is 1. The zero-order chi connectivity index (χ0) is 15.7. The highest BCUT2D eigenvalue weighted by atomic mass is 16.5. The number of likely N-dealkylation sites (tertiary alicyclic amines) is 1.